The van der Waals surface area contributed by atoms with Crippen LogP contribution >= 0.6 is 0 Å². The molecule has 1 spiro atoms. The fourth-order valence-corrected chi connectivity index (χ4v) is 5.07. The van der Waals surface area contributed by atoms with Crippen molar-refractivity contribution in [3.05, 3.63) is 53.9 Å². The molecular formula is C26H34N4O4. The Kier molecular flexibility index (Phi) is 7.07. The van der Waals surface area contributed by atoms with Gasteiger partial charge in [-0.05, 0) is 43.0 Å². The van der Waals surface area contributed by atoms with E-state index in [9.17, 15) is 9.59 Å². The largest absolute Gasteiger partial charge is 0.496 e. The quantitative estimate of drug-likeness (QED) is 0.554. The van der Waals surface area contributed by atoms with E-state index in [1.807, 2.05) is 41.3 Å². The number of aromatic nitrogens is 1. The van der Waals surface area contributed by atoms with Crippen LogP contribution in [0.15, 0.2) is 42.6 Å². The van der Waals surface area contributed by atoms with Crippen LogP contribution in [0, 0.1) is 5.92 Å². The molecule has 34 heavy (non-hydrogen) atoms. The lowest BCUT2D eigenvalue weighted by molar-refractivity contribution is -0.136. The van der Waals surface area contributed by atoms with Crippen LogP contribution < -0.4 is 9.47 Å². The lowest BCUT2D eigenvalue weighted by Gasteiger charge is -2.43. The zero-order valence-electron chi connectivity index (χ0n) is 20.5. The number of pyridine rings is 1. The molecule has 8 heteroatoms. The van der Waals surface area contributed by atoms with Gasteiger partial charge in [0, 0.05) is 32.4 Å². The first-order valence-corrected chi connectivity index (χ1v) is 11.9. The Morgan fingerprint density at radius 1 is 0.971 bits per heavy atom. The van der Waals surface area contributed by atoms with E-state index < -0.39 is 5.54 Å². The highest BCUT2D eigenvalue weighted by Crippen LogP contribution is 2.39. The smallest absolute Gasteiger partial charge is 0.328 e. The standard InChI is InChI=1S/C26H34N4O4/c1-19(2)16-30-25(32)29(17-20-8-5-6-13-27-20)24(31)26(30)11-14-28(15-12-26)18-21-22(33-3)9-7-10-23(21)34-4/h5-10,13,19H,11-12,14-18H2,1-4H3. The zero-order valence-corrected chi connectivity index (χ0v) is 20.5. The molecule has 0 aliphatic carbocycles. The molecule has 0 saturated carbocycles. The third-order valence-electron chi connectivity index (χ3n) is 6.81. The summed E-state index contributed by atoms with van der Waals surface area (Å²) in [5.74, 6) is 1.74. The van der Waals surface area contributed by atoms with E-state index >= 15 is 0 Å². The van der Waals surface area contributed by atoms with Gasteiger partial charge in [0.15, 0.2) is 0 Å². The third-order valence-corrected chi connectivity index (χ3v) is 6.81. The van der Waals surface area contributed by atoms with E-state index in [1.165, 1.54) is 4.90 Å². The van der Waals surface area contributed by atoms with Gasteiger partial charge in [0.05, 0.1) is 32.0 Å². The molecule has 1 aromatic carbocycles. The second-order valence-electron chi connectivity index (χ2n) is 9.45. The third kappa shape index (κ3) is 4.46. The molecule has 3 amide bonds. The summed E-state index contributed by atoms with van der Waals surface area (Å²) in [5, 5.41) is 0. The van der Waals surface area contributed by atoms with E-state index in [0.29, 0.717) is 44.7 Å². The molecule has 0 N–H and O–H groups in total. The number of ether oxygens (including phenoxy) is 2. The summed E-state index contributed by atoms with van der Waals surface area (Å²) >= 11 is 0. The average molecular weight is 467 g/mol. The number of hydrogen-bond donors (Lipinski definition) is 0. The molecule has 2 saturated heterocycles. The van der Waals surface area contributed by atoms with Crippen LogP contribution in [0.2, 0.25) is 0 Å². The van der Waals surface area contributed by atoms with Crippen LogP contribution in [0.4, 0.5) is 4.79 Å². The van der Waals surface area contributed by atoms with Gasteiger partial charge in [0.1, 0.15) is 17.0 Å². The Morgan fingerprint density at radius 2 is 1.65 bits per heavy atom. The number of methoxy groups -OCH3 is 2. The van der Waals surface area contributed by atoms with Crippen molar-refractivity contribution in [3.63, 3.8) is 0 Å². The van der Waals surface area contributed by atoms with Gasteiger partial charge in [0.25, 0.3) is 5.91 Å². The van der Waals surface area contributed by atoms with Crippen molar-refractivity contribution in [2.45, 2.75) is 45.3 Å². The maximum atomic E-state index is 13.7. The van der Waals surface area contributed by atoms with Crippen LogP contribution in [0.1, 0.15) is 37.9 Å². The lowest BCUT2D eigenvalue weighted by Crippen LogP contribution is -2.57. The van der Waals surface area contributed by atoms with Crippen LogP contribution in [0.3, 0.4) is 0 Å². The van der Waals surface area contributed by atoms with Crippen molar-refractivity contribution >= 4 is 11.9 Å². The van der Waals surface area contributed by atoms with Gasteiger partial charge < -0.3 is 14.4 Å². The molecule has 8 nitrogen and oxygen atoms in total. The van der Waals surface area contributed by atoms with Gasteiger partial charge in [0.2, 0.25) is 0 Å². The number of likely N-dealkylation sites (tertiary alicyclic amines) is 1. The summed E-state index contributed by atoms with van der Waals surface area (Å²) in [7, 11) is 3.32. The van der Waals surface area contributed by atoms with Crippen LogP contribution in [-0.4, -0.2) is 71.0 Å². The Morgan fingerprint density at radius 3 is 2.21 bits per heavy atom. The molecule has 3 heterocycles. The molecule has 2 aliphatic rings. The predicted octanol–water partition coefficient (Wildman–Crippen LogP) is 3.55. The van der Waals surface area contributed by atoms with E-state index in [-0.39, 0.29) is 24.4 Å². The predicted molar refractivity (Wildman–Crippen MR) is 129 cm³/mol. The van der Waals surface area contributed by atoms with Gasteiger partial charge >= 0.3 is 6.03 Å². The number of hydrogen-bond acceptors (Lipinski definition) is 6. The number of piperidine rings is 1. The Bertz CT molecular complexity index is 996. The van der Waals surface area contributed by atoms with Crippen LogP contribution in [-0.2, 0) is 17.9 Å². The number of amides is 3. The highest BCUT2D eigenvalue weighted by atomic mass is 16.5. The Balaban J connectivity index is 1.54. The average Bonchev–Trinajstić information content (AvgIpc) is 3.02. The molecule has 182 valence electrons. The summed E-state index contributed by atoms with van der Waals surface area (Å²) in [5.41, 5.74) is 0.914. The number of nitrogens with zero attached hydrogens (tertiary/aromatic N) is 4. The first kappa shape index (κ1) is 24.0. The molecule has 0 atom stereocenters. The SMILES string of the molecule is COc1cccc(OC)c1CN1CCC2(CC1)C(=O)N(Cc1ccccn1)C(=O)N2CC(C)C. The molecule has 1 aromatic heterocycles. The summed E-state index contributed by atoms with van der Waals surface area (Å²) in [6.45, 7) is 6.98. The number of urea groups is 1. The topological polar surface area (TPSA) is 75.2 Å². The normalized spacial score (nSPS) is 18.3. The van der Waals surface area contributed by atoms with Gasteiger partial charge in [-0.25, -0.2) is 4.79 Å². The molecule has 0 radical (unpaired) electrons. The molecule has 4 rings (SSSR count). The van der Waals surface area contributed by atoms with Gasteiger partial charge in [-0.3, -0.25) is 19.6 Å². The van der Waals surface area contributed by atoms with Crippen molar-refractivity contribution in [2.24, 2.45) is 5.92 Å². The van der Waals surface area contributed by atoms with Crippen molar-refractivity contribution < 1.29 is 19.1 Å². The van der Waals surface area contributed by atoms with E-state index in [4.69, 9.17) is 9.47 Å². The van der Waals surface area contributed by atoms with E-state index in [2.05, 4.69) is 23.7 Å². The van der Waals surface area contributed by atoms with Crippen molar-refractivity contribution in [1.29, 1.82) is 0 Å². The van der Waals surface area contributed by atoms with Crippen LogP contribution in [0.5, 0.6) is 11.5 Å². The minimum atomic E-state index is -0.794. The maximum absolute atomic E-state index is 13.7. The fraction of sp³-hybridized carbons (Fsp3) is 0.500. The highest BCUT2D eigenvalue weighted by molar-refractivity contribution is 6.07. The van der Waals surface area contributed by atoms with Crippen LogP contribution in [0.25, 0.3) is 0 Å². The zero-order chi connectivity index (χ0) is 24.3. The minimum absolute atomic E-state index is 0.0988. The Labute approximate surface area is 201 Å². The summed E-state index contributed by atoms with van der Waals surface area (Å²) < 4.78 is 11.1. The number of carbonyl (C=O) groups is 2. The fourth-order valence-electron chi connectivity index (χ4n) is 5.07. The number of rotatable bonds is 8. The molecule has 2 aromatic rings. The molecule has 0 bridgehead atoms. The van der Waals surface area contributed by atoms with E-state index in [1.54, 1.807) is 20.4 Å². The second-order valence-corrected chi connectivity index (χ2v) is 9.45. The number of benzene rings is 1. The summed E-state index contributed by atoms with van der Waals surface area (Å²) in [6, 6.07) is 11.1. The lowest BCUT2D eigenvalue weighted by atomic mass is 9.85. The number of carbonyl (C=O) groups excluding carboxylic acids is 2. The molecule has 0 unspecified atom stereocenters. The second kappa shape index (κ2) is 10.0. The first-order valence-electron chi connectivity index (χ1n) is 11.9. The molecule has 2 fully saturated rings. The van der Waals surface area contributed by atoms with Gasteiger partial charge in [-0.2, -0.15) is 0 Å². The van der Waals surface area contributed by atoms with Gasteiger partial charge in [-0.15, -0.1) is 0 Å². The van der Waals surface area contributed by atoms with Gasteiger partial charge in [-0.1, -0.05) is 26.0 Å². The van der Waals surface area contributed by atoms with Crippen molar-refractivity contribution in [2.75, 3.05) is 33.9 Å². The minimum Gasteiger partial charge on any atom is -0.496 e. The first-order chi connectivity index (χ1) is 16.4. The Hall–Kier alpha value is -3.13. The maximum Gasteiger partial charge on any atom is 0.328 e. The summed E-state index contributed by atoms with van der Waals surface area (Å²) in [6.07, 6.45) is 2.88. The van der Waals surface area contributed by atoms with Crippen molar-refractivity contribution in [1.82, 2.24) is 19.7 Å². The molecule has 2 aliphatic heterocycles. The number of imide groups is 1. The summed E-state index contributed by atoms with van der Waals surface area (Å²) in [4.78, 5) is 37.0. The monoisotopic (exact) mass is 466 g/mol. The molecular weight excluding hydrogens is 432 g/mol. The van der Waals surface area contributed by atoms with Crippen molar-refractivity contribution in [3.8, 4) is 11.5 Å². The van der Waals surface area contributed by atoms with E-state index in [0.717, 1.165) is 17.1 Å². The highest BCUT2D eigenvalue weighted by Gasteiger charge is 2.57.